The fourth-order valence-electron chi connectivity index (χ4n) is 2.42. The lowest BCUT2D eigenvalue weighted by Gasteiger charge is -2.25. The number of benzene rings is 1. The van der Waals surface area contributed by atoms with Gasteiger partial charge in [0.15, 0.2) is 0 Å². The second-order valence-corrected chi connectivity index (χ2v) is 6.01. The van der Waals surface area contributed by atoms with Crippen molar-refractivity contribution in [3.05, 3.63) is 34.6 Å². The Morgan fingerprint density at radius 1 is 1.22 bits per heavy atom. The van der Waals surface area contributed by atoms with Gasteiger partial charge in [0.05, 0.1) is 0 Å². The van der Waals surface area contributed by atoms with Crippen LogP contribution in [0.15, 0.2) is 18.2 Å². The van der Waals surface area contributed by atoms with E-state index < -0.39 is 0 Å². The van der Waals surface area contributed by atoms with E-state index in [-0.39, 0.29) is 5.82 Å². The van der Waals surface area contributed by atoms with E-state index >= 15 is 0 Å². The molecule has 0 aromatic heterocycles. The van der Waals surface area contributed by atoms with Crippen LogP contribution in [0.25, 0.3) is 0 Å². The maximum atomic E-state index is 13.1. The number of rotatable bonds is 4. The first-order chi connectivity index (χ1) is 8.65. The smallest absolute Gasteiger partial charge is 0.123 e. The molecule has 1 aromatic rings. The Labute approximate surface area is 118 Å². The molecule has 1 fully saturated rings. The van der Waals surface area contributed by atoms with Crippen LogP contribution in [-0.2, 0) is 6.54 Å². The first kappa shape index (κ1) is 14.1. The van der Waals surface area contributed by atoms with Gasteiger partial charge in [0.25, 0.3) is 0 Å². The fourth-order valence-corrected chi connectivity index (χ4v) is 2.85. The van der Waals surface area contributed by atoms with Crippen molar-refractivity contribution in [3.8, 4) is 0 Å². The zero-order valence-electron chi connectivity index (χ0n) is 10.3. The molecule has 100 valence electrons. The molecule has 0 radical (unpaired) electrons. The highest BCUT2D eigenvalue weighted by Gasteiger charge is 2.18. The van der Waals surface area contributed by atoms with Crippen LogP contribution in [0.2, 0.25) is 5.02 Å². The molecule has 1 aliphatic carbocycles. The molecule has 0 atom stereocenters. The highest BCUT2D eigenvalue weighted by molar-refractivity contribution is 6.31. The van der Waals surface area contributed by atoms with Gasteiger partial charge in [-0.2, -0.15) is 0 Å². The molecule has 1 N–H and O–H groups in total. The maximum absolute atomic E-state index is 13.1. The molecule has 18 heavy (non-hydrogen) atoms. The zero-order valence-corrected chi connectivity index (χ0v) is 11.8. The van der Waals surface area contributed by atoms with E-state index in [1.54, 1.807) is 6.07 Å². The van der Waals surface area contributed by atoms with Crippen LogP contribution < -0.4 is 5.32 Å². The summed E-state index contributed by atoms with van der Waals surface area (Å²) in [6, 6.07) is 4.48. The number of halogens is 3. The molecule has 1 saturated carbocycles. The van der Waals surface area contributed by atoms with E-state index in [0.717, 1.165) is 24.9 Å². The minimum absolute atomic E-state index is 0.237. The third-order valence-electron chi connectivity index (χ3n) is 3.53. The van der Waals surface area contributed by atoms with E-state index in [4.69, 9.17) is 23.2 Å². The average Bonchev–Trinajstić information content (AvgIpc) is 2.36. The molecule has 1 aliphatic rings. The molecule has 4 heteroatoms. The summed E-state index contributed by atoms with van der Waals surface area (Å²) in [5.74, 6) is 0.450. The van der Waals surface area contributed by atoms with Crippen molar-refractivity contribution in [1.82, 2.24) is 5.32 Å². The lowest BCUT2D eigenvalue weighted by molar-refractivity contribution is 0.345. The molecule has 0 bridgehead atoms. The molecule has 0 heterocycles. The van der Waals surface area contributed by atoms with Crippen molar-refractivity contribution in [2.24, 2.45) is 5.92 Å². The van der Waals surface area contributed by atoms with E-state index in [9.17, 15) is 4.39 Å². The van der Waals surface area contributed by atoms with Crippen molar-refractivity contribution in [1.29, 1.82) is 0 Å². The summed E-state index contributed by atoms with van der Waals surface area (Å²) in [6.07, 6.45) is 4.57. The molecule has 0 unspecified atom stereocenters. The normalized spacial score (nSPS) is 24.2. The van der Waals surface area contributed by atoms with E-state index in [2.05, 4.69) is 5.32 Å². The molecular weight excluding hydrogens is 272 g/mol. The second kappa shape index (κ2) is 6.74. The summed E-state index contributed by atoms with van der Waals surface area (Å²) >= 11 is 12.1. The Hall–Kier alpha value is -0.310. The van der Waals surface area contributed by atoms with Crippen LogP contribution in [0.3, 0.4) is 0 Å². The van der Waals surface area contributed by atoms with Gasteiger partial charge < -0.3 is 5.32 Å². The predicted molar refractivity (Wildman–Crippen MR) is 74.7 cm³/mol. The molecule has 2 rings (SSSR count). The molecule has 0 saturated heterocycles. The van der Waals surface area contributed by atoms with Crippen molar-refractivity contribution < 1.29 is 4.39 Å². The van der Waals surface area contributed by atoms with Gasteiger partial charge >= 0.3 is 0 Å². The molecule has 1 aromatic carbocycles. The molecule has 1 nitrogen and oxygen atoms in total. The van der Waals surface area contributed by atoms with Gasteiger partial charge in [0.2, 0.25) is 0 Å². The third-order valence-corrected chi connectivity index (χ3v) is 4.34. The van der Waals surface area contributed by atoms with Gasteiger partial charge in [0, 0.05) is 16.9 Å². The maximum Gasteiger partial charge on any atom is 0.123 e. The summed E-state index contributed by atoms with van der Waals surface area (Å²) in [7, 11) is 0. The average molecular weight is 290 g/mol. The topological polar surface area (TPSA) is 12.0 Å². The number of nitrogens with one attached hydrogen (secondary N) is 1. The van der Waals surface area contributed by atoms with Crippen LogP contribution >= 0.6 is 23.2 Å². The van der Waals surface area contributed by atoms with Crippen LogP contribution in [-0.4, -0.2) is 11.9 Å². The van der Waals surface area contributed by atoms with E-state index in [0.29, 0.717) is 22.9 Å². The zero-order chi connectivity index (χ0) is 13.0. The number of hydrogen-bond acceptors (Lipinski definition) is 1. The summed E-state index contributed by atoms with van der Waals surface area (Å²) < 4.78 is 13.1. The molecule has 0 aliphatic heterocycles. The Morgan fingerprint density at radius 2 is 1.94 bits per heavy atom. The predicted octanol–water partition coefficient (Wildman–Crippen LogP) is 4.37. The SMILES string of the molecule is Fc1ccc(Cl)c(CNCC2CCC(Cl)CC2)c1. The summed E-state index contributed by atoms with van der Waals surface area (Å²) in [4.78, 5) is 0. The molecular formula is C14H18Cl2FN. The highest BCUT2D eigenvalue weighted by atomic mass is 35.5. The van der Waals surface area contributed by atoms with Gasteiger partial charge in [-0.05, 0) is 61.9 Å². The van der Waals surface area contributed by atoms with Crippen LogP contribution in [0.1, 0.15) is 31.2 Å². The van der Waals surface area contributed by atoms with Crippen molar-refractivity contribution in [2.45, 2.75) is 37.6 Å². The van der Waals surface area contributed by atoms with Gasteiger partial charge in [-0.3, -0.25) is 0 Å². The minimum Gasteiger partial charge on any atom is -0.312 e. The van der Waals surface area contributed by atoms with E-state index in [1.165, 1.54) is 25.0 Å². The summed E-state index contributed by atoms with van der Waals surface area (Å²) in [5, 5.41) is 4.34. The Kier molecular flexibility index (Phi) is 5.28. The van der Waals surface area contributed by atoms with Gasteiger partial charge in [-0.25, -0.2) is 4.39 Å². The Morgan fingerprint density at radius 3 is 2.67 bits per heavy atom. The Balaban J connectivity index is 1.76. The highest BCUT2D eigenvalue weighted by Crippen LogP contribution is 2.27. The van der Waals surface area contributed by atoms with Crippen LogP contribution in [0.5, 0.6) is 0 Å². The van der Waals surface area contributed by atoms with Gasteiger partial charge in [-0.1, -0.05) is 11.6 Å². The first-order valence-electron chi connectivity index (χ1n) is 6.44. The lowest BCUT2D eigenvalue weighted by Crippen LogP contribution is -2.26. The number of hydrogen-bond donors (Lipinski definition) is 1. The fraction of sp³-hybridized carbons (Fsp3) is 0.571. The molecule has 0 spiro atoms. The van der Waals surface area contributed by atoms with Gasteiger partial charge in [-0.15, -0.1) is 11.6 Å². The first-order valence-corrected chi connectivity index (χ1v) is 7.25. The van der Waals surface area contributed by atoms with Crippen molar-refractivity contribution in [3.63, 3.8) is 0 Å². The molecule has 0 amide bonds. The minimum atomic E-state index is -0.237. The standard InChI is InChI=1S/C14H18Cl2FN/c15-12-3-1-10(2-4-12)8-18-9-11-7-13(17)5-6-14(11)16/h5-7,10,12,18H,1-4,8-9H2. The quantitative estimate of drug-likeness (QED) is 0.812. The largest absolute Gasteiger partial charge is 0.312 e. The lowest BCUT2D eigenvalue weighted by atomic mass is 9.89. The van der Waals surface area contributed by atoms with Crippen molar-refractivity contribution >= 4 is 23.2 Å². The van der Waals surface area contributed by atoms with Gasteiger partial charge in [0.1, 0.15) is 5.82 Å². The Bertz CT molecular complexity index is 389. The summed E-state index contributed by atoms with van der Waals surface area (Å²) in [6.45, 7) is 1.58. The third kappa shape index (κ3) is 4.11. The monoisotopic (exact) mass is 289 g/mol. The van der Waals surface area contributed by atoms with Crippen LogP contribution in [0, 0.1) is 11.7 Å². The van der Waals surface area contributed by atoms with Crippen LogP contribution in [0.4, 0.5) is 4.39 Å². The van der Waals surface area contributed by atoms with E-state index in [1.807, 2.05) is 0 Å². The summed E-state index contributed by atoms with van der Waals surface area (Å²) in [5.41, 5.74) is 0.822. The number of alkyl halides is 1. The van der Waals surface area contributed by atoms with Crippen molar-refractivity contribution in [2.75, 3.05) is 6.54 Å². The second-order valence-electron chi connectivity index (χ2n) is 4.98.